The van der Waals surface area contributed by atoms with E-state index in [0.717, 1.165) is 17.6 Å². The minimum Gasteiger partial charge on any atom is -0.481 e. The van der Waals surface area contributed by atoms with E-state index in [1.807, 2.05) is 26.8 Å². The number of aldehydes is 1. The van der Waals surface area contributed by atoms with E-state index in [1.54, 1.807) is 19.3 Å². The second-order valence-electron chi connectivity index (χ2n) is 8.55. The minimum absolute atomic E-state index is 0.0864. The maximum absolute atomic E-state index is 12.9. The number of unbranched alkanes of at least 4 members (excludes halogenated alkanes) is 2. The molecule has 8 heteroatoms. The van der Waals surface area contributed by atoms with Gasteiger partial charge in [-0.3, -0.25) is 14.3 Å². The fraction of sp³-hybridized carbons (Fsp3) is 0.615. The van der Waals surface area contributed by atoms with Gasteiger partial charge in [-0.25, -0.2) is 9.22 Å². The summed E-state index contributed by atoms with van der Waals surface area (Å²) >= 11 is 0. The van der Waals surface area contributed by atoms with Crippen LogP contribution in [0.5, 0.6) is 0 Å². The zero-order chi connectivity index (χ0) is 25.3. The largest absolute Gasteiger partial charge is 0.481 e. The van der Waals surface area contributed by atoms with Crippen molar-refractivity contribution in [2.24, 2.45) is 23.7 Å². The first-order valence-electron chi connectivity index (χ1n) is 11.9. The number of ether oxygens (including phenoxy) is 3. The third-order valence-corrected chi connectivity index (χ3v) is 6.46. The molecule has 0 aromatic carbocycles. The number of hydrogen-bond acceptors (Lipinski definition) is 6. The van der Waals surface area contributed by atoms with Crippen LogP contribution in [0.25, 0.3) is 0 Å². The van der Waals surface area contributed by atoms with Crippen molar-refractivity contribution in [2.75, 3.05) is 20.3 Å². The SMILES string of the molecule is CCOC(=O)[C@@H]1[C@@H](C(=O)O)C(/C(C)=C/CCC/C=C/C(=O)OC)=C2C=[O+][C@@H](OCC)C[C@H]2[C@@H]1C. The van der Waals surface area contributed by atoms with Crippen molar-refractivity contribution >= 4 is 24.2 Å². The number of carboxylic acid groups (broad SMARTS) is 1. The predicted molar refractivity (Wildman–Crippen MR) is 126 cm³/mol. The van der Waals surface area contributed by atoms with Crippen molar-refractivity contribution in [1.82, 2.24) is 0 Å². The molecule has 2 aliphatic rings. The molecule has 1 aliphatic heterocycles. The fourth-order valence-electron chi connectivity index (χ4n) is 4.84. The standard InChI is InChI=1S/C26H36O8/c1-6-32-21-14-18-17(4)23(26(30)33-7-2)24(25(28)29)22(19(18)15-34-21)16(3)12-10-8-9-11-13-20(27)31-5/h11-13,15,17-18,21,23-24H,6-10,14H2,1-5H3/p+1/b13-11+,16-12+/t17-,18-,21+,23-,24-/m0/s1. The molecule has 8 nitrogen and oxygen atoms in total. The van der Waals surface area contributed by atoms with Gasteiger partial charge in [-0.2, -0.15) is 0 Å². The van der Waals surface area contributed by atoms with E-state index in [1.165, 1.54) is 13.2 Å². The van der Waals surface area contributed by atoms with E-state index in [-0.39, 0.29) is 18.4 Å². The highest BCUT2D eigenvalue weighted by atomic mass is 16.6. The van der Waals surface area contributed by atoms with Crippen molar-refractivity contribution in [3.63, 3.8) is 0 Å². The second-order valence-corrected chi connectivity index (χ2v) is 8.55. The number of methoxy groups -OCH3 is 1. The van der Waals surface area contributed by atoms with Crippen LogP contribution in [-0.2, 0) is 33.0 Å². The highest BCUT2D eigenvalue weighted by molar-refractivity contribution is 5.90. The zero-order valence-corrected chi connectivity index (χ0v) is 20.7. The van der Waals surface area contributed by atoms with Crippen LogP contribution < -0.4 is 0 Å². The number of allylic oxidation sites excluding steroid dienone is 4. The summed E-state index contributed by atoms with van der Waals surface area (Å²) in [5, 5.41) is 10.2. The molecule has 0 saturated heterocycles. The van der Waals surface area contributed by atoms with Gasteiger partial charge in [0.1, 0.15) is 0 Å². The number of carbonyl (C=O) groups excluding carboxylic acids is 3. The Morgan fingerprint density at radius 3 is 2.56 bits per heavy atom. The van der Waals surface area contributed by atoms with Gasteiger partial charge in [0.25, 0.3) is 0 Å². The molecule has 5 atom stereocenters. The van der Waals surface area contributed by atoms with E-state index in [9.17, 15) is 19.5 Å². The van der Waals surface area contributed by atoms with Crippen LogP contribution in [0.2, 0.25) is 0 Å². The molecule has 1 aliphatic carbocycles. The van der Waals surface area contributed by atoms with Crippen molar-refractivity contribution in [3.8, 4) is 0 Å². The Morgan fingerprint density at radius 1 is 1.21 bits per heavy atom. The number of carbonyl (C=O) groups is 3. The molecule has 34 heavy (non-hydrogen) atoms. The third-order valence-electron chi connectivity index (χ3n) is 6.46. The monoisotopic (exact) mass is 477 g/mol. The lowest BCUT2D eigenvalue weighted by molar-refractivity contribution is -0.563. The van der Waals surface area contributed by atoms with Gasteiger partial charge in [-0.1, -0.05) is 24.6 Å². The number of hydrogen-bond donors (Lipinski definition) is 1. The quantitative estimate of drug-likeness (QED) is 0.159. The second kappa shape index (κ2) is 13.2. The maximum atomic E-state index is 12.9. The van der Waals surface area contributed by atoms with Gasteiger partial charge in [0.15, 0.2) is 0 Å². The molecule has 0 amide bonds. The predicted octanol–water partition coefficient (Wildman–Crippen LogP) is 3.78. The molecule has 0 unspecified atom stereocenters. The Balaban J connectivity index is 2.41. The highest BCUT2D eigenvalue weighted by Crippen LogP contribution is 2.48. The molecule has 2 rings (SSSR count). The molecular weight excluding hydrogens is 440 g/mol. The van der Waals surface area contributed by atoms with E-state index in [0.29, 0.717) is 31.4 Å². The zero-order valence-electron chi connectivity index (χ0n) is 20.7. The Kier molecular flexibility index (Phi) is 10.7. The molecule has 188 valence electrons. The molecule has 0 fully saturated rings. The van der Waals surface area contributed by atoms with Crippen LogP contribution in [0, 0.1) is 23.7 Å². The fourth-order valence-corrected chi connectivity index (χ4v) is 4.84. The molecule has 0 radical (unpaired) electrons. The van der Waals surface area contributed by atoms with E-state index >= 15 is 0 Å². The smallest absolute Gasteiger partial charge is 0.381 e. The van der Waals surface area contributed by atoms with E-state index < -0.39 is 36.0 Å². The summed E-state index contributed by atoms with van der Waals surface area (Å²) in [6.45, 7) is 8.08. The van der Waals surface area contributed by atoms with Crippen LogP contribution >= 0.6 is 0 Å². The molecule has 0 aromatic rings. The third kappa shape index (κ3) is 6.65. The Labute approximate surface area is 201 Å². The summed E-state index contributed by atoms with van der Waals surface area (Å²) in [7, 11) is 1.33. The minimum atomic E-state index is -1.06. The summed E-state index contributed by atoms with van der Waals surface area (Å²) in [5.74, 6) is -4.11. The first-order chi connectivity index (χ1) is 16.3. The number of esters is 2. The molecule has 1 heterocycles. The van der Waals surface area contributed by atoms with Gasteiger partial charge in [0.2, 0.25) is 0 Å². The summed E-state index contributed by atoms with van der Waals surface area (Å²) in [5.41, 5.74) is 2.24. The summed E-state index contributed by atoms with van der Waals surface area (Å²) in [6.07, 6.45) is 9.01. The first kappa shape index (κ1) is 27.5. The van der Waals surface area contributed by atoms with Crippen LogP contribution in [0.4, 0.5) is 0 Å². The lowest BCUT2D eigenvalue weighted by Crippen LogP contribution is -2.46. The van der Waals surface area contributed by atoms with Crippen molar-refractivity contribution < 1.29 is 38.1 Å². The average Bonchev–Trinajstić information content (AvgIpc) is 2.81. The highest BCUT2D eigenvalue weighted by Gasteiger charge is 2.53. The number of fused-ring (bicyclic) bond motifs is 1. The van der Waals surface area contributed by atoms with Crippen molar-refractivity contribution in [1.29, 1.82) is 0 Å². The van der Waals surface area contributed by atoms with Crippen molar-refractivity contribution in [3.05, 3.63) is 34.9 Å². The molecule has 0 saturated carbocycles. The van der Waals surface area contributed by atoms with Crippen LogP contribution in [0.1, 0.15) is 53.4 Å². The van der Waals surface area contributed by atoms with Gasteiger partial charge in [0.05, 0.1) is 44.2 Å². The van der Waals surface area contributed by atoms with Crippen LogP contribution in [0.15, 0.2) is 34.9 Å². The van der Waals surface area contributed by atoms with Crippen LogP contribution in [-0.4, -0.2) is 55.9 Å². The van der Waals surface area contributed by atoms with Gasteiger partial charge in [-0.15, -0.1) is 0 Å². The van der Waals surface area contributed by atoms with Crippen LogP contribution in [0.3, 0.4) is 0 Å². The molecular formula is C26H37O8+. The summed E-state index contributed by atoms with van der Waals surface area (Å²) in [6, 6.07) is 0. The van der Waals surface area contributed by atoms with Crippen molar-refractivity contribution in [2.45, 2.75) is 59.7 Å². The van der Waals surface area contributed by atoms with Gasteiger partial charge >= 0.3 is 30.5 Å². The summed E-state index contributed by atoms with van der Waals surface area (Å²) in [4.78, 5) is 36.6. The van der Waals surface area contributed by atoms with Gasteiger partial charge in [-0.05, 0) is 51.5 Å². The Morgan fingerprint density at radius 2 is 1.94 bits per heavy atom. The van der Waals surface area contributed by atoms with E-state index in [4.69, 9.17) is 13.9 Å². The number of carboxylic acids is 1. The molecule has 0 spiro atoms. The topological polar surface area (TPSA) is 110 Å². The van der Waals surface area contributed by atoms with Gasteiger partial charge < -0.3 is 14.6 Å². The summed E-state index contributed by atoms with van der Waals surface area (Å²) < 4.78 is 21.3. The molecule has 0 bridgehead atoms. The normalized spacial score (nSPS) is 27.0. The number of rotatable bonds is 11. The molecule has 1 N–H and O–H groups in total. The lowest BCUT2D eigenvalue weighted by atomic mass is 9.62. The number of aliphatic carboxylic acids is 1. The first-order valence-corrected chi connectivity index (χ1v) is 11.9. The van der Waals surface area contributed by atoms with E-state index in [2.05, 4.69) is 4.74 Å². The maximum Gasteiger partial charge on any atom is 0.381 e. The molecule has 0 aromatic heterocycles. The lowest BCUT2D eigenvalue weighted by Gasteiger charge is -2.40. The Hall–Kier alpha value is -2.74. The average molecular weight is 478 g/mol. The Bertz CT molecular complexity index is 866. The van der Waals surface area contributed by atoms with Gasteiger partial charge in [0, 0.05) is 12.0 Å².